The maximum atomic E-state index is 13.3. The Morgan fingerprint density at radius 3 is 2.60 bits per heavy atom. The van der Waals surface area contributed by atoms with Crippen molar-refractivity contribution in [2.75, 3.05) is 11.9 Å². The zero-order valence-electron chi connectivity index (χ0n) is 18.2. The molecule has 3 aromatic rings. The number of carbonyl (C=O) groups excluding carboxylic acids is 3. The van der Waals surface area contributed by atoms with Crippen molar-refractivity contribution in [3.8, 4) is 11.8 Å². The molecule has 35 heavy (non-hydrogen) atoms. The number of imide groups is 1. The third kappa shape index (κ3) is 5.93. The summed E-state index contributed by atoms with van der Waals surface area (Å²) in [5, 5.41) is 11.1. The molecule has 0 aromatic heterocycles. The fraction of sp³-hybridized carbons (Fsp3) is 0.0769. The smallest absolute Gasteiger partial charge is 0.294 e. The van der Waals surface area contributed by atoms with Crippen LogP contribution in [0.1, 0.15) is 16.7 Å². The second-order valence-corrected chi connectivity index (χ2v) is 8.45. The minimum absolute atomic E-state index is 0.185. The van der Waals surface area contributed by atoms with Crippen molar-refractivity contribution >= 4 is 40.6 Å². The number of hydrogen-bond acceptors (Lipinski definition) is 6. The van der Waals surface area contributed by atoms with Crippen LogP contribution in [0.5, 0.6) is 5.75 Å². The zero-order valence-corrected chi connectivity index (χ0v) is 19.0. The molecule has 1 N–H and O–H groups in total. The van der Waals surface area contributed by atoms with Crippen molar-refractivity contribution in [1.29, 1.82) is 5.26 Å². The minimum Gasteiger partial charge on any atom is -0.489 e. The van der Waals surface area contributed by atoms with Crippen LogP contribution < -0.4 is 10.1 Å². The summed E-state index contributed by atoms with van der Waals surface area (Å²) >= 11 is 0.740. The van der Waals surface area contributed by atoms with Crippen molar-refractivity contribution in [2.24, 2.45) is 0 Å². The molecular formula is C26H18FN3O4S. The number of benzene rings is 3. The highest BCUT2D eigenvalue weighted by Gasteiger charge is 2.36. The number of nitrogens with one attached hydrogen (secondary N) is 1. The summed E-state index contributed by atoms with van der Waals surface area (Å²) in [4.78, 5) is 38.2. The van der Waals surface area contributed by atoms with Crippen molar-refractivity contribution in [1.82, 2.24) is 4.90 Å². The first-order chi connectivity index (χ1) is 16.9. The van der Waals surface area contributed by atoms with Gasteiger partial charge in [-0.1, -0.05) is 36.4 Å². The summed E-state index contributed by atoms with van der Waals surface area (Å²) in [6.45, 7) is -0.241. The molecule has 0 atom stereocenters. The van der Waals surface area contributed by atoms with E-state index in [9.17, 15) is 18.8 Å². The number of nitriles is 1. The van der Waals surface area contributed by atoms with Gasteiger partial charge in [-0.3, -0.25) is 19.3 Å². The topological polar surface area (TPSA) is 99.5 Å². The molecule has 1 heterocycles. The first kappa shape index (κ1) is 23.7. The Balaban J connectivity index is 1.37. The summed E-state index contributed by atoms with van der Waals surface area (Å²) in [6.07, 6.45) is 1.56. The number of halogens is 1. The lowest BCUT2D eigenvalue weighted by Gasteiger charge is -2.12. The predicted octanol–water partition coefficient (Wildman–Crippen LogP) is 4.95. The van der Waals surface area contributed by atoms with Crippen LogP contribution in [0.4, 0.5) is 14.9 Å². The largest absolute Gasteiger partial charge is 0.489 e. The van der Waals surface area contributed by atoms with E-state index in [4.69, 9.17) is 10.00 Å². The van der Waals surface area contributed by atoms with Crippen LogP contribution >= 0.6 is 11.8 Å². The SMILES string of the molecule is N#Cc1ccccc1COc1ccc(/C=C2/SC(=O)N(CC(=O)Nc3cccc(F)c3)C2=O)cc1. The van der Waals surface area contributed by atoms with Crippen LogP contribution in [0, 0.1) is 17.1 Å². The van der Waals surface area contributed by atoms with E-state index < -0.39 is 29.4 Å². The summed E-state index contributed by atoms with van der Waals surface area (Å²) in [7, 11) is 0. The lowest BCUT2D eigenvalue weighted by atomic mass is 10.1. The summed E-state index contributed by atoms with van der Waals surface area (Å²) in [6, 6.07) is 21.5. The Kier molecular flexibility index (Phi) is 7.24. The van der Waals surface area contributed by atoms with Gasteiger partial charge in [0, 0.05) is 11.3 Å². The Morgan fingerprint density at radius 2 is 1.86 bits per heavy atom. The second-order valence-electron chi connectivity index (χ2n) is 7.45. The van der Waals surface area contributed by atoms with Crippen LogP contribution in [0.15, 0.2) is 77.7 Å². The normalized spacial score (nSPS) is 14.2. The van der Waals surface area contributed by atoms with Crippen LogP contribution in [-0.2, 0) is 16.2 Å². The van der Waals surface area contributed by atoms with E-state index in [1.165, 1.54) is 18.2 Å². The van der Waals surface area contributed by atoms with Gasteiger partial charge in [0.25, 0.3) is 11.1 Å². The molecule has 3 aromatic carbocycles. The van der Waals surface area contributed by atoms with Gasteiger partial charge in [-0.25, -0.2) is 4.39 Å². The highest BCUT2D eigenvalue weighted by molar-refractivity contribution is 8.18. The molecule has 1 aliphatic rings. The first-order valence-electron chi connectivity index (χ1n) is 10.4. The molecule has 0 spiro atoms. The van der Waals surface area contributed by atoms with E-state index in [2.05, 4.69) is 11.4 Å². The minimum atomic E-state index is -0.612. The van der Waals surface area contributed by atoms with Crippen molar-refractivity contribution in [3.05, 3.63) is 100 Å². The standard InChI is InChI=1S/C26H18FN3O4S/c27-20-6-3-7-21(13-20)29-24(31)15-30-25(32)23(35-26(30)33)12-17-8-10-22(11-9-17)34-16-19-5-2-1-4-18(19)14-28/h1-13H,15-16H2,(H,29,31)/b23-12+. The number of nitrogens with zero attached hydrogens (tertiary/aromatic N) is 2. The van der Waals surface area contributed by atoms with Gasteiger partial charge in [0.2, 0.25) is 5.91 Å². The van der Waals surface area contributed by atoms with Gasteiger partial charge < -0.3 is 10.1 Å². The molecule has 1 fully saturated rings. The van der Waals surface area contributed by atoms with Crippen molar-refractivity contribution < 1.29 is 23.5 Å². The first-order valence-corrected chi connectivity index (χ1v) is 11.3. The van der Waals surface area contributed by atoms with E-state index in [0.717, 1.165) is 28.3 Å². The van der Waals surface area contributed by atoms with E-state index in [-0.39, 0.29) is 17.2 Å². The molecule has 174 valence electrons. The van der Waals surface area contributed by atoms with E-state index >= 15 is 0 Å². The molecule has 1 saturated heterocycles. The Labute approximate surface area is 204 Å². The molecule has 7 nitrogen and oxygen atoms in total. The third-order valence-corrected chi connectivity index (χ3v) is 5.90. The monoisotopic (exact) mass is 487 g/mol. The fourth-order valence-electron chi connectivity index (χ4n) is 3.27. The van der Waals surface area contributed by atoms with Gasteiger partial charge in [0.05, 0.1) is 16.5 Å². The molecule has 4 rings (SSSR count). The molecule has 0 aliphatic carbocycles. The highest BCUT2D eigenvalue weighted by atomic mass is 32.2. The number of anilines is 1. The Hall–Kier alpha value is -4.42. The van der Waals surface area contributed by atoms with E-state index in [1.807, 2.05) is 12.1 Å². The van der Waals surface area contributed by atoms with Crippen LogP contribution in [0.25, 0.3) is 6.08 Å². The number of thioether (sulfide) groups is 1. The predicted molar refractivity (Wildman–Crippen MR) is 130 cm³/mol. The molecular weight excluding hydrogens is 469 g/mol. The molecule has 9 heteroatoms. The number of carbonyl (C=O) groups is 3. The van der Waals surface area contributed by atoms with Gasteiger partial charge in [0.15, 0.2) is 0 Å². The fourth-order valence-corrected chi connectivity index (χ4v) is 4.11. The maximum Gasteiger partial charge on any atom is 0.294 e. The number of amides is 3. The van der Waals surface area contributed by atoms with Gasteiger partial charge >= 0.3 is 0 Å². The van der Waals surface area contributed by atoms with E-state index in [0.29, 0.717) is 16.9 Å². The molecule has 1 aliphatic heterocycles. The molecule has 3 amide bonds. The van der Waals surface area contributed by atoms with Crippen molar-refractivity contribution in [3.63, 3.8) is 0 Å². The average Bonchev–Trinajstić information content (AvgIpc) is 3.11. The number of hydrogen-bond donors (Lipinski definition) is 1. The average molecular weight is 488 g/mol. The zero-order chi connectivity index (χ0) is 24.8. The Morgan fingerprint density at radius 1 is 1.09 bits per heavy atom. The third-order valence-electron chi connectivity index (χ3n) is 4.99. The number of ether oxygens (including phenoxy) is 1. The second kappa shape index (κ2) is 10.7. The van der Waals surface area contributed by atoms with Crippen LogP contribution in [-0.4, -0.2) is 28.5 Å². The van der Waals surface area contributed by atoms with Crippen LogP contribution in [0.3, 0.4) is 0 Å². The lowest BCUT2D eigenvalue weighted by molar-refractivity contribution is -0.127. The molecule has 0 radical (unpaired) electrons. The highest BCUT2D eigenvalue weighted by Crippen LogP contribution is 2.32. The summed E-state index contributed by atoms with van der Waals surface area (Å²) in [5.41, 5.74) is 2.22. The maximum absolute atomic E-state index is 13.3. The van der Waals surface area contributed by atoms with Gasteiger partial charge in [-0.2, -0.15) is 5.26 Å². The number of rotatable bonds is 7. The summed E-state index contributed by atoms with van der Waals surface area (Å²) in [5.74, 6) is -1.13. The quantitative estimate of drug-likeness (QED) is 0.474. The van der Waals surface area contributed by atoms with Crippen LogP contribution in [0.2, 0.25) is 0 Å². The lowest BCUT2D eigenvalue weighted by Crippen LogP contribution is -2.36. The van der Waals surface area contributed by atoms with E-state index in [1.54, 1.807) is 42.5 Å². The molecule has 0 unspecified atom stereocenters. The Bertz CT molecular complexity index is 1370. The van der Waals surface area contributed by atoms with Gasteiger partial charge in [-0.15, -0.1) is 0 Å². The molecule has 0 bridgehead atoms. The van der Waals surface area contributed by atoms with Gasteiger partial charge in [-0.05, 0) is 59.8 Å². The molecule has 0 saturated carbocycles. The van der Waals surface area contributed by atoms with Crippen molar-refractivity contribution in [2.45, 2.75) is 6.61 Å². The van der Waals surface area contributed by atoms with Gasteiger partial charge in [0.1, 0.15) is 24.7 Å². The summed E-state index contributed by atoms with van der Waals surface area (Å²) < 4.78 is 19.0.